The van der Waals surface area contributed by atoms with E-state index in [1.54, 1.807) is 26.0 Å². The highest BCUT2D eigenvalue weighted by Gasteiger charge is 2.45. The number of carbonyl (C=O) groups is 1. The molecule has 1 fully saturated rings. The van der Waals surface area contributed by atoms with Gasteiger partial charge in [0.15, 0.2) is 6.23 Å². The van der Waals surface area contributed by atoms with Gasteiger partial charge in [-0.2, -0.15) is 0 Å². The van der Waals surface area contributed by atoms with Crippen molar-refractivity contribution < 1.29 is 19.0 Å². The van der Waals surface area contributed by atoms with Gasteiger partial charge in [-0.25, -0.2) is 9.59 Å². The molecule has 1 aromatic carbocycles. The number of esters is 1. The van der Waals surface area contributed by atoms with Crippen LogP contribution in [0.25, 0.3) is 0 Å². The number of hydrogen-bond acceptors (Lipinski definition) is 7. The standard InChI is InChI=1S/C20H25N3O6/c1-4-27-16-15(21)14(10-28-19(25)13-7-5-11(2)6-8-13)29-18(16)23-9-12(3)17(24)22-20(23)26/h5-9,14-16,18H,4,10,21H2,1-3H3,(H,22,24,26)/t14-,15-,16-,18-/m1/s1. The van der Waals surface area contributed by atoms with Crippen molar-refractivity contribution in [1.29, 1.82) is 0 Å². The molecule has 1 saturated heterocycles. The number of aromatic nitrogens is 2. The fourth-order valence-corrected chi connectivity index (χ4v) is 3.21. The Labute approximate surface area is 167 Å². The number of nitrogens with one attached hydrogen (secondary N) is 1. The minimum Gasteiger partial charge on any atom is -0.459 e. The SMILES string of the molecule is CCO[C@@H]1[C@H](N)[C@@H](COC(=O)c2ccc(C)cc2)O[C@H]1n1cc(C)c(=O)[nH]c1=O. The normalized spacial score (nSPS) is 23.9. The van der Waals surface area contributed by atoms with Gasteiger partial charge < -0.3 is 19.9 Å². The molecule has 0 spiro atoms. The Bertz CT molecular complexity index is 981. The van der Waals surface area contributed by atoms with Crippen LogP contribution in [0.15, 0.2) is 40.1 Å². The van der Waals surface area contributed by atoms with E-state index in [-0.39, 0.29) is 6.61 Å². The molecule has 0 bridgehead atoms. The molecule has 0 radical (unpaired) electrons. The summed E-state index contributed by atoms with van der Waals surface area (Å²) in [7, 11) is 0. The van der Waals surface area contributed by atoms with E-state index in [1.807, 2.05) is 19.1 Å². The van der Waals surface area contributed by atoms with Crippen molar-refractivity contribution in [3.63, 3.8) is 0 Å². The van der Waals surface area contributed by atoms with Gasteiger partial charge in [-0.05, 0) is 32.9 Å². The molecule has 1 aromatic heterocycles. The van der Waals surface area contributed by atoms with Crippen LogP contribution in [0.1, 0.15) is 34.6 Å². The zero-order valence-corrected chi connectivity index (χ0v) is 16.6. The summed E-state index contributed by atoms with van der Waals surface area (Å²) >= 11 is 0. The Morgan fingerprint density at radius 1 is 1.24 bits per heavy atom. The minimum atomic E-state index is -0.851. The monoisotopic (exact) mass is 403 g/mol. The molecule has 2 heterocycles. The van der Waals surface area contributed by atoms with Crippen LogP contribution in [0.3, 0.4) is 0 Å². The second kappa shape index (κ2) is 8.73. The van der Waals surface area contributed by atoms with E-state index in [0.29, 0.717) is 17.7 Å². The molecule has 1 aliphatic heterocycles. The largest absolute Gasteiger partial charge is 0.459 e. The maximum atomic E-state index is 12.3. The maximum absolute atomic E-state index is 12.3. The van der Waals surface area contributed by atoms with Gasteiger partial charge in [0.2, 0.25) is 0 Å². The smallest absolute Gasteiger partial charge is 0.338 e. The number of aryl methyl sites for hydroxylation is 2. The zero-order chi connectivity index (χ0) is 21.1. The lowest BCUT2D eigenvalue weighted by Crippen LogP contribution is -2.44. The number of benzene rings is 1. The fourth-order valence-electron chi connectivity index (χ4n) is 3.21. The molecule has 0 saturated carbocycles. The van der Waals surface area contributed by atoms with E-state index in [1.165, 1.54) is 10.8 Å². The number of nitrogens with two attached hydrogens (primary N) is 1. The van der Waals surface area contributed by atoms with Gasteiger partial charge in [0, 0.05) is 18.4 Å². The Kier molecular flexibility index (Phi) is 6.31. The molecule has 9 nitrogen and oxygen atoms in total. The number of aromatic amines is 1. The topological polar surface area (TPSA) is 126 Å². The summed E-state index contributed by atoms with van der Waals surface area (Å²) in [5.41, 5.74) is 6.99. The number of ether oxygens (including phenoxy) is 3. The van der Waals surface area contributed by atoms with Gasteiger partial charge in [-0.1, -0.05) is 17.7 Å². The highest BCUT2D eigenvalue weighted by atomic mass is 16.6. The van der Waals surface area contributed by atoms with Crippen molar-refractivity contribution in [2.75, 3.05) is 13.2 Å². The Morgan fingerprint density at radius 3 is 2.59 bits per heavy atom. The lowest BCUT2D eigenvalue weighted by Gasteiger charge is -2.22. The molecule has 3 N–H and O–H groups in total. The molecular formula is C20H25N3O6. The highest BCUT2D eigenvalue weighted by Crippen LogP contribution is 2.30. The van der Waals surface area contributed by atoms with Crippen molar-refractivity contribution in [1.82, 2.24) is 9.55 Å². The van der Waals surface area contributed by atoms with Crippen molar-refractivity contribution in [2.24, 2.45) is 5.73 Å². The molecule has 156 valence electrons. The van der Waals surface area contributed by atoms with Crippen LogP contribution < -0.4 is 17.0 Å². The highest BCUT2D eigenvalue weighted by molar-refractivity contribution is 5.89. The average Bonchev–Trinajstić information content (AvgIpc) is 2.99. The molecule has 0 aliphatic carbocycles. The summed E-state index contributed by atoms with van der Waals surface area (Å²) in [6, 6.07) is 6.37. The predicted molar refractivity (Wildman–Crippen MR) is 105 cm³/mol. The quantitative estimate of drug-likeness (QED) is 0.678. The zero-order valence-electron chi connectivity index (χ0n) is 16.6. The first kappa shape index (κ1) is 21.0. The Morgan fingerprint density at radius 2 is 1.93 bits per heavy atom. The van der Waals surface area contributed by atoms with E-state index < -0.39 is 41.7 Å². The summed E-state index contributed by atoms with van der Waals surface area (Å²) in [6.07, 6.45) is -0.766. The van der Waals surface area contributed by atoms with Crippen LogP contribution in [0.2, 0.25) is 0 Å². The van der Waals surface area contributed by atoms with E-state index >= 15 is 0 Å². The van der Waals surface area contributed by atoms with Gasteiger partial charge in [0.05, 0.1) is 11.6 Å². The molecule has 4 atom stereocenters. The van der Waals surface area contributed by atoms with E-state index in [2.05, 4.69) is 4.98 Å². The van der Waals surface area contributed by atoms with Gasteiger partial charge in [0.1, 0.15) is 18.8 Å². The summed E-state index contributed by atoms with van der Waals surface area (Å²) in [4.78, 5) is 38.4. The number of hydrogen-bond donors (Lipinski definition) is 2. The number of nitrogens with zero attached hydrogens (tertiary/aromatic N) is 1. The fraction of sp³-hybridized carbons (Fsp3) is 0.450. The van der Waals surface area contributed by atoms with Crippen LogP contribution in [0.5, 0.6) is 0 Å². The minimum absolute atomic E-state index is 0.0922. The van der Waals surface area contributed by atoms with E-state index in [4.69, 9.17) is 19.9 Å². The number of carbonyl (C=O) groups excluding carboxylic acids is 1. The van der Waals surface area contributed by atoms with E-state index in [0.717, 1.165) is 5.56 Å². The first-order valence-corrected chi connectivity index (χ1v) is 9.40. The van der Waals surface area contributed by atoms with Gasteiger partial charge in [0.25, 0.3) is 5.56 Å². The van der Waals surface area contributed by atoms with Crippen LogP contribution in [0, 0.1) is 13.8 Å². The van der Waals surface area contributed by atoms with Crippen molar-refractivity contribution in [2.45, 2.75) is 45.2 Å². The third-order valence-electron chi connectivity index (χ3n) is 4.85. The summed E-state index contributed by atoms with van der Waals surface area (Å²) in [5, 5.41) is 0. The molecule has 2 aromatic rings. The summed E-state index contributed by atoms with van der Waals surface area (Å²) < 4.78 is 18.2. The molecule has 1 aliphatic rings. The summed E-state index contributed by atoms with van der Waals surface area (Å²) in [6.45, 7) is 5.57. The van der Waals surface area contributed by atoms with Gasteiger partial charge in [-0.15, -0.1) is 0 Å². The lowest BCUT2D eigenvalue weighted by molar-refractivity contribution is -0.0729. The van der Waals surface area contributed by atoms with Crippen molar-refractivity contribution >= 4 is 5.97 Å². The van der Waals surface area contributed by atoms with E-state index in [9.17, 15) is 14.4 Å². The number of H-pyrrole nitrogens is 1. The first-order valence-electron chi connectivity index (χ1n) is 9.40. The summed E-state index contributed by atoms with van der Waals surface area (Å²) in [5.74, 6) is -0.491. The Hall–Kier alpha value is -2.75. The molecule has 3 rings (SSSR count). The van der Waals surface area contributed by atoms with Crippen LogP contribution >= 0.6 is 0 Å². The second-order valence-electron chi connectivity index (χ2n) is 7.01. The molecule has 29 heavy (non-hydrogen) atoms. The predicted octanol–water partition coefficient (Wildman–Crippen LogP) is 0.640. The second-order valence-corrected chi connectivity index (χ2v) is 7.01. The molecular weight excluding hydrogens is 378 g/mol. The van der Waals surface area contributed by atoms with Crippen LogP contribution in [0.4, 0.5) is 0 Å². The van der Waals surface area contributed by atoms with Crippen molar-refractivity contribution in [3.8, 4) is 0 Å². The maximum Gasteiger partial charge on any atom is 0.338 e. The van der Waals surface area contributed by atoms with Crippen LogP contribution in [-0.4, -0.2) is 47.0 Å². The van der Waals surface area contributed by atoms with Gasteiger partial charge in [-0.3, -0.25) is 14.3 Å². The number of rotatable bonds is 6. The molecule has 0 unspecified atom stereocenters. The molecule has 9 heteroatoms. The Balaban J connectivity index is 1.76. The first-order chi connectivity index (χ1) is 13.8. The lowest BCUT2D eigenvalue weighted by atomic mass is 10.1. The van der Waals surface area contributed by atoms with Crippen LogP contribution in [-0.2, 0) is 14.2 Å². The molecule has 0 amide bonds. The van der Waals surface area contributed by atoms with Gasteiger partial charge >= 0.3 is 11.7 Å². The third kappa shape index (κ3) is 4.47. The third-order valence-corrected chi connectivity index (χ3v) is 4.85. The van der Waals surface area contributed by atoms with Crippen molar-refractivity contribution in [3.05, 3.63) is 68.0 Å². The average molecular weight is 403 g/mol.